The summed E-state index contributed by atoms with van der Waals surface area (Å²) in [6.45, 7) is 5.02. The summed E-state index contributed by atoms with van der Waals surface area (Å²) in [6, 6.07) is 12.5. The van der Waals surface area contributed by atoms with E-state index in [0.29, 0.717) is 37.2 Å². The minimum Gasteiger partial charge on any atom is -0.479 e. The van der Waals surface area contributed by atoms with E-state index in [1.54, 1.807) is 0 Å². The van der Waals surface area contributed by atoms with E-state index in [1.807, 2.05) is 38.1 Å². The van der Waals surface area contributed by atoms with Gasteiger partial charge in [-0.2, -0.15) is 13.2 Å². The first-order chi connectivity index (χ1) is 19.6. The van der Waals surface area contributed by atoms with E-state index >= 15 is 0 Å². The molecule has 0 spiro atoms. The minimum absolute atomic E-state index is 0.126. The molecule has 1 saturated carbocycles. The van der Waals surface area contributed by atoms with E-state index in [-0.39, 0.29) is 19.1 Å². The average Bonchev–Trinajstić information content (AvgIpc) is 3.30. The van der Waals surface area contributed by atoms with Gasteiger partial charge in [0.05, 0.1) is 25.4 Å². The summed E-state index contributed by atoms with van der Waals surface area (Å²) in [4.78, 5) is 16.2. The fraction of sp³-hybridized carbons (Fsp3) is 0.484. The van der Waals surface area contributed by atoms with Crippen molar-refractivity contribution in [2.24, 2.45) is 11.8 Å². The van der Waals surface area contributed by atoms with Gasteiger partial charge in [0.1, 0.15) is 11.5 Å². The third-order valence-corrected chi connectivity index (χ3v) is 7.27. The van der Waals surface area contributed by atoms with Crippen LogP contribution in [0.3, 0.4) is 0 Å². The normalized spacial score (nSPS) is 18.4. The highest BCUT2D eigenvalue weighted by molar-refractivity contribution is 5.72. The number of hydrogen-bond donors (Lipinski definition) is 1. The van der Waals surface area contributed by atoms with Crippen molar-refractivity contribution in [2.75, 3.05) is 19.8 Å². The predicted octanol–water partition coefficient (Wildman–Crippen LogP) is 6.99. The molecular formula is C31H36F3NO6. The number of carbonyl (C=O) groups is 1. The van der Waals surface area contributed by atoms with Gasteiger partial charge in [-0.3, -0.25) is 0 Å². The average molecular weight is 576 g/mol. The number of hydrogen-bond acceptors (Lipinski definition) is 6. The Morgan fingerprint density at radius 2 is 1.76 bits per heavy atom. The predicted molar refractivity (Wildman–Crippen MR) is 145 cm³/mol. The van der Waals surface area contributed by atoms with Crippen LogP contribution >= 0.6 is 0 Å². The molecule has 2 aromatic carbocycles. The number of carboxylic acid groups (broad SMARTS) is 1. The zero-order valence-electron chi connectivity index (χ0n) is 23.3. The first-order valence-electron chi connectivity index (χ1n) is 13.8. The van der Waals surface area contributed by atoms with Crippen molar-refractivity contribution in [3.05, 3.63) is 76.7 Å². The second kappa shape index (κ2) is 14.1. The van der Waals surface area contributed by atoms with Gasteiger partial charge in [-0.15, -0.1) is 0 Å². The molecule has 1 aliphatic rings. The van der Waals surface area contributed by atoms with Crippen LogP contribution in [0.2, 0.25) is 0 Å². The number of oxazole rings is 1. The van der Waals surface area contributed by atoms with Crippen LogP contribution in [0.15, 0.2) is 52.9 Å². The van der Waals surface area contributed by atoms with Crippen molar-refractivity contribution in [1.82, 2.24) is 4.98 Å². The molecule has 1 fully saturated rings. The number of aromatic nitrogens is 1. The molecule has 7 nitrogen and oxygen atoms in total. The zero-order valence-corrected chi connectivity index (χ0v) is 23.3. The number of benzene rings is 2. The lowest BCUT2D eigenvalue weighted by Gasteiger charge is -2.29. The number of carboxylic acids is 1. The standard InChI is InChI=1S/C31H36F3NO6/c1-20-5-3-8-25(13-20)29-35-27(21(2)41-29)18-38-15-23-6-4-7-24(14-23)16-39-19-28(30(36)37)40-17-22-9-11-26(12-10-22)31(32,33)34/h3,5,8-13,23-24,28H,4,6-7,14-19H2,1-2H3,(H,36,37)/t23?,24?,28-/m1/s1. The third kappa shape index (κ3) is 9.14. The van der Waals surface area contributed by atoms with Crippen molar-refractivity contribution < 1.29 is 41.7 Å². The first kappa shape index (κ1) is 30.7. The maximum absolute atomic E-state index is 12.7. The molecule has 0 aliphatic heterocycles. The molecule has 0 amide bonds. The molecule has 3 aromatic rings. The number of ether oxygens (including phenoxy) is 3. The van der Waals surface area contributed by atoms with Crippen LogP contribution in [0.1, 0.15) is 53.8 Å². The fourth-order valence-electron chi connectivity index (χ4n) is 5.01. The molecule has 0 bridgehead atoms. The van der Waals surface area contributed by atoms with Crippen molar-refractivity contribution in [2.45, 2.75) is 65.0 Å². The van der Waals surface area contributed by atoms with E-state index in [9.17, 15) is 23.1 Å². The van der Waals surface area contributed by atoms with Gasteiger partial charge >= 0.3 is 12.1 Å². The monoisotopic (exact) mass is 575 g/mol. The molecule has 10 heteroatoms. The number of aryl methyl sites for hydroxylation is 2. The Morgan fingerprint density at radius 3 is 2.41 bits per heavy atom. The van der Waals surface area contributed by atoms with Crippen LogP contribution in [0.5, 0.6) is 0 Å². The van der Waals surface area contributed by atoms with E-state index in [4.69, 9.17) is 18.6 Å². The van der Waals surface area contributed by atoms with Gasteiger partial charge in [0.25, 0.3) is 0 Å². The second-order valence-corrected chi connectivity index (χ2v) is 10.7. The lowest BCUT2D eigenvalue weighted by Crippen LogP contribution is -2.31. The van der Waals surface area contributed by atoms with Crippen LogP contribution in [0.25, 0.3) is 11.5 Å². The van der Waals surface area contributed by atoms with Gasteiger partial charge in [-0.25, -0.2) is 9.78 Å². The number of nitrogens with zero attached hydrogens (tertiary/aromatic N) is 1. The Balaban J connectivity index is 1.18. The lowest BCUT2D eigenvalue weighted by molar-refractivity contribution is -0.156. The van der Waals surface area contributed by atoms with E-state index in [0.717, 1.165) is 60.4 Å². The summed E-state index contributed by atoms with van der Waals surface area (Å²) in [5.74, 6) is 0.795. The van der Waals surface area contributed by atoms with E-state index in [1.165, 1.54) is 12.1 Å². The first-order valence-corrected chi connectivity index (χ1v) is 13.8. The lowest BCUT2D eigenvalue weighted by atomic mass is 9.82. The van der Waals surface area contributed by atoms with Crippen molar-refractivity contribution in [1.29, 1.82) is 0 Å². The van der Waals surface area contributed by atoms with Gasteiger partial charge in [0, 0.05) is 18.8 Å². The highest BCUT2D eigenvalue weighted by Gasteiger charge is 2.30. The molecule has 222 valence electrons. The third-order valence-electron chi connectivity index (χ3n) is 7.27. The number of halogens is 3. The SMILES string of the molecule is Cc1cccc(-c2nc(COCC3CCCC(COC[C@@H](OCc4ccc(C(F)(F)F)cc4)C(=O)O)C3)c(C)o2)c1. The van der Waals surface area contributed by atoms with Gasteiger partial charge in [-0.05, 0) is 74.8 Å². The Hall–Kier alpha value is -3.21. The van der Waals surface area contributed by atoms with Gasteiger partial charge < -0.3 is 23.7 Å². The van der Waals surface area contributed by atoms with Crippen molar-refractivity contribution >= 4 is 5.97 Å². The fourth-order valence-corrected chi connectivity index (χ4v) is 5.01. The molecular weight excluding hydrogens is 539 g/mol. The highest BCUT2D eigenvalue weighted by Crippen LogP contribution is 2.31. The maximum atomic E-state index is 12.7. The number of aliphatic carboxylic acids is 1. The molecule has 4 rings (SSSR count). The number of alkyl halides is 3. The quantitative estimate of drug-likeness (QED) is 0.235. The summed E-state index contributed by atoms with van der Waals surface area (Å²) in [7, 11) is 0. The molecule has 1 N–H and O–H groups in total. The molecule has 0 saturated heterocycles. The number of rotatable bonds is 13. The Bertz CT molecular complexity index is 1270. The summed E-state index contributed by atoms with van der Waals surface area (Å²) in [5, 5.41) is 9.49. The molecule has 41 heavy (non-hydrogen) atoms. The topological polar surface area (TPSA) is 91.0 Å². The van der Waals surface area contributed by atoms with Crippen molar-refractivity contribution in [3.8, 4) is 11.5 Å². The summed E-state index contributed by atoms with van der Waals surface area (Å²) in [5.41, 5.74) is 2.54. The van der Waals surface area contributed by atoms with Crippen LogP contribution < -0.4 is 0 Å². The molecule has 1 heterocycles. The van der Waals surface area contributed by atoms with Crippen LogP contribution in [-0.4, -0.2) is 42.0 Å². The van der Waals surface area contributed by atoms with Gasteiger partial charge in [0.2, 0.25) is 5.89 Å². The van der Waals surface area contributed by atoms with Gasteiger partial charge in [0.15, 0.2) is 6.10 Å². The summed E-state index contributed by atoms with van der Waals surface area (Å²) in [6.07, 6.45) is -1.65. The van der Waals surface area contributed by atoms with Gasteiger partial charge in [-0.1, -0.05) is 36.2 Å². The second-order valence-electron chi connectivity index (χ2n) is 10.7. The Morgan fingerprint density at radius 1 is 1.05 bits per heavy atom. The maximum Gasteiger partial charge on any atom is 0.416 e. The zero-order chi connectivity index (χ0) is 29.4. The molecule has 0 radical (unpaired) electrons. The molecule has 2 unspecified atom stereocenters. The minimum atomic E-state index is -4.43. The molecule has 1 aliphatic carbocycles. The van der Waals surface area contributed by atoms with Crippen molar-refractivity contribution in [3.63, 3.8) is 0 Å². The Labute approximate surface area is 237 Å². The molecule has 3 atom stereocenters. The summed E-state index contributed by atoms with van der Waals surface area (Å²) < 4.78 is 61.2. The summed E-state index contributed by atoms with van der Waals surface area (Å²) >= 11 is 0. The largest absolute Gasteiger partial charge is 0.479 e. The van der Waals surface area contributed by atoms with Crippen LogP contribution in [0, 0.1) is 25.7 Å². The highest BCUT2D eigenvalue weighted by atomic mass is 19.4. The smallest absolute Gasteiger partial charge is 0.416 e. The van der Waals surface area contributed by atoms with Crippen LogP contribution in [-0.2, 0) is 38.4 Å². The van der Waals surface area contributed by atoms with Crippen LogP contribution in [0.4, 0.5) is 13.2 Å². The Kier molecular flexibility index (Phi) is 10.6. The molecule has 1 aromatic heterocycles. The van der Waals surface area contributed by atoms with E-state index in [2.05, 4.69) is 4.98 Å². The van der Waals surface area contributed by atoms with E-state index < -0.39 is 23.8 Å².